The van der Waals surface area contributed by atoms with Crippen molar-refractivity contribution in [2.24, 2.45) is 17.3 Å². The summed E-state index contributed by atoms with van der Waals surface area (Å²) < 4.78 is 0. The van der Waals surface area contributed by atoms with Gasteiger partial charge in [0.25, 0.3) is 0 Å². The van der Waals surface area contributed by atoms with Crippen LogP contribution >= 0.6 is 0 Å². The van der Waals surface area contributed by atoms with Gasteiger partial charge in [0.15, 0.2) is 0 Å². The highest BCUT2D eigenvalue weighted by atomic mass is 16.2. The van der Waals surface area contributed by atoms with Gasteiger partial charge in [-0.3, -0.25) is 4.79 Å². The number of piperidine rings is 1. The van der Waals surface area contributed by atoms with E-state index in [1.807, 2.05) is 0 Å². The quantitative estimate of drug-likeness (QED) is 0.727. The highest BCUT2D eigenvalue weighted by Crippen LogP contribution is 2.48. The van der Waals surface area contributed by atoms with Crippen molar-refractivity contribution in [1.82, 2.24) is 4.90 Å². The Labute approximate surface area is 116 Å². The van der Waals surface area contributed by atoms with Crippen LogP contribution in [0.15, 0.2) is 0 Å². The van der Waals surface area contributed by atoms with E-state index in [-0.39, 0.29) is 5.91 Å². The van der Waals surface area contributed by atoms with Gasteiger partial charge < -0.3 is 4.90 Å². The van der Waals surface area contributed by atoms with Crippen LogP contribution in [0.5, 0.6) is 0 Å². The zero-order valence-corrected chi connectivity index (χ0v) is 11.9. The first-order valence-corrected chi connectivity index (χ1v) is 7.88. The predicted molar refractivity (Wildman–Crippen MR) is 73.1 cm³/mol. The number of hydrogen-bond donors (Lipinski definition) is 0. The molecule has 1 amide bonds. The van der Waals surface area contributed by atoms with Gasteiger partial charge >= 0.3 is 0 Å². The van der Waals surface area contributed by atoms with Crippen molar-refractivity contribution in [3.63, 3.8) is 0 Å². The lowest BCUT2D eigenvalue weighted by Gasteiger charge is -2.49. The first kappa shape index (κ1) is 13.0. The summed E-state index contributed by atoms with van der Waals surface area (Å²) in [5, 5.41) is 9.45. The van der Waals surface area contributed by atoms with Crippen molar-refractivity contribution >= 4 is 5.91 Å². The van der Waals surface area contributed by atoms with E-state index >= 15 is 0 Å². The summed E-state index contributed by atoms with van der Waals surface area (Å²) in [6, 6.07) is 2.79. The fraction of sp³-hybridized carbons (Fsp3) is 0.875. The van der Waals surface area contributed by atoms with E-state index in [2.05, 4.69) is 17.9 Å². The van der Waals surface area contributed by atoms with Crippen molar-refractivity contribution in [1.29, 1.82) is 5.26 Å². The summed E-state index contributed by atoms with van der Waals surface area (Å²) in [6.45, 7) is 3.03. The molecule has 3 rings (SSSR count). The molecule has 3 heteroatoms. The third-order valence-corrected chi connectivity index (χ3v) is 5.52. The van der Waals surface area contributed by atoms with E-state index in [0.717, 1.165) is 32.2 Å². The Morgan fingerprint density at radius 2 is 1.89 bits per heavy atom. The second-order valence-electron chi connectivity index (χ2n) is 6.96. The zero-order chi connectivity index (χ0) is 13.5. The molecule has 0 bridgehead atoms. The molecule has 0 spiro atoms. The van der Waals surface area contributed by atoms with Crippen molar-refractivity contribution in [3.8, 4) is 6.07 Å². The van der Waals surface area contributed by atoms with Crippen LogP contribution < -0.4 is 0 Å². The predicted octanol–water partition coefficient (Wildman–Crippen LogP) is 3.11. The molecule has 1 aliphatic heterocycles. The fourth-order valence-electron chi connectivity index (χ4n) is 4.60. The monoisotopic (exact) mass is 260 g/mol. The fourth-order valence-corrected chi connectivity index (χ4v) is 4.60. The molecule has 1 heterocycles. The number of likely N-dealkylation sites (tertiary alicyclic amines) is 1. The number of carbonyl (C=O) groups excluding carboxylic acids is 1. The second kappa shape index (κ2) is 4.81. The molecule has 0 aromatic heterocycles. The molecule has 2 saturated carbocycles. The van der Waals surface area contributed by atoms with Gasteiger partial charge in [-0.1, -0.05) is 19.8 Å². The van der Waals surface area contributed by atoms with Gasteiger partial charge in [0.05, 0.1) is 6.07 Å². The van der Waals surface area contributed by atoms with Crippen molar-refractivity contribution in [2.75, 3.05) is 6.54 Å². The molecule has 3 nitrogen and oxygen atoms in total. The Kier molecular flexibility index (Phi) is 3.28. The highest BCUT2D eigenvalue weighted by molar-refractivity contribution is 5.87. The van der Waals surface area contributed by atoms with Crippen LogP contribution in [0.2, 0.25) is 0 Å². The SMILES string of the molecule is CC1CC(C#N)(C(=O)N2CCCC3CCCCC32)C1. The highest BCUT2D eigenvalue weighted by Gasteiger charge is 2.52. The van der Waals surface area contributed by atoms with Crippen LogP contribution in [0.4, 0.5) is 0 Å². The number of nitriles is 1. The van der Waals surface area contributed by atoms with E-state index < -0.39 is 5.41 Å². The summed E-state index contributed by atoms with van der Waals surface area (Å²) in [5.41, 5.74) is -0.668. The molecule has 2 atom stereocenters. The largest absolute Gasteiger partial charge is 0.338 e. The zero-order valence-electron chi connectivity index (χ0n) is 11.9. The van der Waals surface area contributed by atoms with Crippen molar-refractivity contribution < 1.29 is 4.79 Å². The van der Waals surface area contributed by atoms with Crippen molar-refractivity contribution in [3.05, 3.63) is 0 Å². The third kappa shape index (κ3) is 2.06. The third-order valence-electron chi connectivity index (χ3n) is 5.52. The van der Waals surface area contributed by atoms with Gasteiger partial charge in [-0.05, 0) is 50.4 Å². The normalized spacial score (nSPS) is 41.9. The number of nitrogens with zero attached hydrogens (tertiary/aromatic N) is 2. The molecule has 0 aromatic carbocycles. The van der Waals surface area contributed by atoms with Crippen LogP contribution in [-0.2, 0) is 4.79 Å². The Morgan fingerprint density at radius 1 is 1.21 bits per heavy atom. The van der Waals surface area contributed by atoms with Gasteiger partial charge in [-0.2, -0.15) is 5.26 Å². The van der Waals surface area contributed by atoms with E-state index in [4.69, 9.17) is 0 Å². The smallest absolute Gasteiger partial charge is 0.243 e. The standard InChI is InChI=1S/C16H24N2O/c1-12-9-16(10-12,11-17)15(19)18-8-4-6-13-5-2-3-7-14(13)18/h12-14H,2-10H2,1H3. The van der Waals surface area contributed by atoms with Gasteiger partial charge in [-0.15, -0.1) is 0 Å². The molecule has 3 aliphatic rings. The number of hydrogen-bond acceptors (Lipinski definition) is 2. The summed E-state index contributed by atoms with van der Waals surface area (Å²) in [5.74, 6) is 1.40. The lowest BCUT2D eigenvalue weighted by Crippen LogP contribution is -2.57. The lowest BCUT2D eigenvalue weighted by molar-refractivity contribution is -0.152. The number of carbonyl (C=O) groups is 1. The average molecular weight is 260 g/mol. The maximum Gasteiger partial charge on any atom is 0.243 e. The Balaban J connectivity index is 1.77. The van der Waals surface area contributed by atoms with Crippen LogP contribution in [0.3, 0.4) is 0 Å². The van der Waals surface area contributed by atoms with Crippen LogP contribution in [0.25, 0.3) is 0 Å². The maximum atomic E-state index is 12.8. The van der Waals surface area contributed by atoms with Gasteiger partial charge in [0.2, 0.25) is 5.91 Å². The minimum atomic E-state index is -0.668. The molecule has 0 N–H and O–H groups in total. The number of fused-ring (bicyclic) bond motifs is 1. The maximum absolute atomic E-state index is 12.8. The molecule has 104 valence electrons. The van der Waals surface area contributed by atoms with E-state index in [1.165, 1.54) is 25.7 Å². The first-order valence-electron chi connectivity index (χ1n) is 7.88. The summed E-state index contributed by atoms with van der Waals surface area (Å²) in [7, 11) is 0. The Morgan fingerprint density at radius 3 is 2.58 bits per heavy atom. The topological polar surface area (TPSA) is 44.1 Å². The minimum absolute atomic E-state index is 0.157. The Hall–Kier alpha value is -1.04. The Bertz CT molecular complexity index is 403. The molecule has 1 saturated heterocycles. The molecule has 0 aromatic rings. The molecule has 2 unspecified atom stereocenters. The van der Waals surface area contributed by atoms with Gasteiger partial charge in [-0.25, -0.2) is 0 Å². The molecular formula is C16H24N2O. The second-order valence-corrected chi connectivity index (χ2v) is 6.96. The summed E-state index contributed by atoms with van der Waals surface area (Å²) in [6.07, 6.45) is 8.98. The van der Waals surface area contributed by atoms with E-state index in [9.17, 15) is 10.1 Å². The van der Waals surface area contributed by atoms with Gasteiger partial charge in [0.1, 0.15) is 5.41 Å². The van der Waals surface area contributed by atoms with E-state index in [0.29, 0.717) is 17.9 Å². The number of rotatable bonds is 1. The summed E-state index contributed by atoms with van der Waals surface area (Å²) in [4.78, 5) is 14.9. The van der Waals surface area contributed by atoms with Gasteiger partial charge in [0, 0.05) is 12.6 Å². The van der Waals surface area contributed by atoms with Crippen LogP contribution in [0.1, 0.15) is 58.3 Å². The van der Waals surface area contributed by atoms with Crippen molar-refractivity contribution in [2.45, 2.75) is 64.3 Å². The number of amides is 1. The molecule has 2 aliphatic carbocycles. The molecule has 3 fully saturated rings. The van der Waals surface area contributed by atoms with Crippen LogP contribution in [-0.4, -0.2) is 23.4 Å². The summed E-state index contributed by atoms with van der Waals surface area (Å²) >= 11 is 0. The van der Waals surface area contributed by atoms with Crippen LogP contribution in [0, 0.1) is 28.6 Å². The lowest BCUT2D eigenvalue weighted by atomic mass is 9.62. The molecule has 0 radical (unpaired) electrons. The van der Waals surface area contributed by atoms with E-state index in [1.54, 1.807) is 0 Å². The molecular weight excluding hydrogens is 236 g/mol. The average Bonchev–Trinajstić information content (AvgIpc) is 2.42. The minimum Gasteiger partial charge on any atom is -0.338 e. The first-order chi connectivity index (χ1) is 9.16. The molecule has 19 heavy (non-hydrogen) atoms.